The largest absolute Gasteiger partial charge is 0.416 e. The number of aromatic nitrogens is 2. The van der Waals surface area contributed by atoms with Crippen molar-refractivity contribution >= 4 is 22.8 Å². The Morgan fingerprint density at radius 3 is 2.79 bits per heavy atom. The normalized spacial score (nSPS) is 11.3. The minimum absolute atomic E-state index is 0.0258. The fourth-order valence-electron chi connectivity index (χ4n) is 1.44. The van der Waals surface area contributed by atoms with Crippen LogP contribution >= 0.6 is 11.3 Å². The van der Waals surface area contributed by atoms with Gasteiger partial charge in [0.25, 0.3) is 0 Å². The van der Waals surface area contributed by atoms with E-state index >= 15 is 0 Å². The summed E-state index contributed by atoms with van der Waals surface area (Å²) in [7, 11) is 0. The molecular formula is C11H8F3N3OS. The summed E-state index contributed by atoms with van der Waals surface area (Å²) < 4.78 is 38.2. The van der Waals surface area contributed by atoms with Gasteiger partial charge in [0.05, 0.1) is 16.6 Å². The molecule has 0 aliphatic rings. The highest BCUT2D eigenvalue weighted by molar-refractivity contribution is 7.17. The van der Waals surface area contributed by atoms with E-state index in [1.165, 1.54) is 6.20 Å². The topological polar surface area (TPSA) is 54.9 Å². The van der Waals surface area contributed by atoms with Crippen molar-refractivity contribution in [3.05, 3.63) is 40.7 Å². The molecule has 2 aromatic heterocycles. The summed E-state index contributed by atoms with van der Waals surface area (Å²) in [4.78, 5) is 18.4. The molecule has 0 fully saturated rings. The van der Waals surface area contributed by atoms with Crippen molar-refractivity contribution in [3.63, 3.8) is 0 Å². The molecule has 0 atom stereocenters. The number of nitrogens with one attached hydrogen (secondary N) is 1. The number of pyridine rings is 1. The van der Waals surface area contributed by atoms with Crippen LogP contribution in [-0.2, 0) is 12.7 Å². The SMILES string of the molecule is O=Cc1cnc(NCc2cnccc2C(F)(F)F)s1. The number of carbonyl (C=O) groups excluding carboxylic acids is 1. The van der Waals surface area contributed by atoms with E-state index in [2.05, 4.69) is 15.3 Å². The summed E-state index contributed by atoms with van der Waals surface area (Å²) in [5, 5.41) is 3.12. The lowest BCUT2D eigenvalue weighted by Crippen LogP contribution is -2.12. The molecule has 0 spiro atoms. The van der Waals surface area contributed by atoms with Crippen LogP contribution in [-0.4, -0.2) is 16.3 Å². The first kappa shape index (κ1) is 13.5. The average molecular weight is 287 g/mol. The van der Waals surface area contributed by atoms with Crippen LogP contribution in [0.5, 0.6) is 0 Å². The minimum Gasteiger partial charge on any atom is -0.357 e. The maximum absolute atomic E-state index is 12.7. The second-order valence-corrected chi connectivity index (χ2v) is 4.63. The fraction of sp³-hybridized carbons (Fsp3) is 0.182. The summed E-state index contributed by atoms with van der Waals surface area (Å²) in [6.07, 6.45) is -0.178. The number of hydrogen-bond donors (Lipinski definition) is 1. The van der Waals surface area contributed by atoms with Gasteiger partial charge in [0.15, 0.2) is 11.4 Å². The molecule has 0 saturated heterocycles. The summed E-state index contributed by atoms with van der Waals surface area (Å²) in [5.74, 6) is 0. The predicted octanol–water partition coefficient (Wildman–Crippen LogP) is 2.98. The number of thiazole rings is 1. The van der Waals surface area contributed by atoms with E-state index in [9.17, 15) is 18.0 Å². The van der Waals surface area contributed by atoms with Crippen molar-refractivity contribution in [3.8, 4) is 0 Å². The summed E-state index contributed by atoms with van der Waals surface area (Å²) in [6, 6.07) is 0.926. The number of halogens is 3. The van der Waals surface area contributed by atoms with Gasteiger partial charge in [0.1, 0.15) is 0 Å². The number of hydrogen-bond acceptors (Lipinski definition) is 5. The van der Waals surface area contributed by atoms with E-state index in [1.54, 1.807) is 0 Å². The molecular weight excluding hydrogens is 279 g/mol. The van der Waals surface area contributed by atoms with Gasteiger partial charge in [-0.05, 0) is 6.07 Å². The Morgan fingerprint density at radius 1 is 1.37 bits per heavy atom. The molecule has 4 nitrogen and oxygen atoms in total. The van der Waals surface area contributed by atoms with Gasteiger partial charge >= 0.3 is 6.18 Å². The molecule has 2 heterocycles. The van der Waals surface area contributed by atoms with Gasteiger partial charge in [-0.3, -0.25) is 9.78 Å². The summed E-state index contributed by atoms with van der Waals surface area (Å²) in [5.41, 5.74) is -0.708. The van der Waals surface area contributed by atoms with E-state index in [1.807, 2.05) is 0 Å². The zero-order chi connectivity index (χ0) is 13.9. The molecule has 2 rings (SSSR count). The van der Waals surface area contributed by atoms with Gasteiger partial charge in [-0.2, -0.15) is 13.2 Å². The number of carbonyl (C=O) groups is 1. The second-order valence-electron chi connectivity index (χ2n) is 3.57. The molecule has 0 aliphatic carbocycles. The third-order valence-corrected chi connectivity index (χ3v) is 3.16. The average Bonchev–Trinajstić information content (AvgIpc) is 2.83. The molecule has 0 aromatic carbocycles. The quantitative estimate of drug-likeness (QED) is 0.878. The van der Waals surface area contributed by atoms with Gasteiger partial charge in [0.2, 0.25) is 0 Å². The lowest BCUT2D eigenvalue weighted by molar-refractivity contribution is -0.138. The van der Waals surface area contributed by atoms with Crippen molar-refractivity contribution in [1.82, 2.24) is 9.97 Å². The van der Waals surface area contributed by atoms with E-state index in [-0.39, 0.29) is 12.1 Å². The van der Waals surface area contributed by atoms with E-state index in [0.29, 0.717) is 16.3 Å². The number of anilines is 1. The van der Waals surface area contributed by atoms with Crippen molar-refractivity contribution in [2.24, 2.45) is 0 Å². The first-order chi connectivity index (χ1) is 9.00. The molecule has 19 heavy (non-hydrogen) atoms. The second kappa shape index (κ2) is 5.35. The molecule has 2 aromatic rings. The maximum Gasteiger partial charge on any atom is 0.416 e. The molecule has 0 aliphatic heterocycles. The van der Waals surface area contributed by atoms with Crippen LogP contribution in [0.4, 0.5) is 18.3 Å². The van der Waals surface area contributed by atoms with Crippen molar-refractivity contribution in [2.45, 2.75) is 12.7 Å². The zero-order valence-electron chi connectivity index (χ0n) is 9.44. The number of rotatable bonds is 4. The highest BCUT2D eigenvalue weighted by atomic mass is 32.1. The van der Waals surface area contributed by atoms with Crippen LogP contribution in [0, 0.1) is 0 Å². The molecule has 0 unspecified atom stereocenters. The molecule has 0 bridgehead atoms. The minimum atomic E-state index is -4.42. The number of nitrogens with zero attached hydrogens (tertiary/aromatic N) is 2. The summed E-state index contributed by atoms with van der Waals surface area (Å²) in [6.45, 7) is -0.0610. The van der Waals surface area contributed by atoms with E-state index in [0.717, 1.165) is 29.8 Å². The molecule has 100 valence electrons. The van der Waals surface area contributed by atoms with E-state index < -0.39 is 11.7 Å². The Hall–Kier alpha value is -1.96. The van der Waals surface area contributed by atoms with Crippen molar-refractivity contribution in [1.29, 1.82) is 0 Å². The standard InChI is InChI=1S/C11H8F3N3OS/c12-11(13,14)9-1-2-15-3-7(9)4-16-10-17-5-8(6-18)19-10/h1-3,5-6H,4H2,(H,16,17). The van der Waals surface area contributed by atoms with Crippen LogP contribution < -0.4 is 5.32 Å². The molecule has 8 heteroatoms. The first-order valence-corrected chi connectivity index (χ1v) is 5.97. The van der Waals surface area contributed by atoms with Crippen LogP contribution in [0.3, 0.4) is 0 Å². The zero-order valence-corrected chi connectivity index (χ0v) is 10.3. The van der Waals surface area contributed by atoms with E-state index in [4.69, 9.17) is 0 Å². The third kappa shape index (κ3) is 3.28. The highest BCUT2D eigenvalue weighted by Gasteiger charge is 2.33. The maximum atomic E-state index is 12.7. The van der Waals surface area contributed by atoms with Crippen LogP contribution in [0.1, 0.15) is 20.8 Å². The van der Waals surface area contributed by atoms with Crippen molar-refractivity contribution < 1.29 is 18.0 Å². The Bertz CT molecular complexity index is 583. The van der Waals surface area contributed by atoms with Gasteiger partial charge in [-0.1, -0.05) is 11.3 Å². The molecule has 1 N–H and O–H groups in total. The van der Waals surface area contributed by atoms with Crippen LogP contribution in [0.25, 0.3) is 0 Å². The fourth-order valence-corrected chi connectivity index (χ4v) is 2.06. The molecule has 0 saturated carbocycles. The van der Waals surface area contributed by atoms with Crippen LogP contribution in [0.15, 0.2) is 24.7 Å². The Labute approximate surface area is 110 Å². The smallest absolute Gasteiger partial charge is 0.357 e. The molecule has 0 radical (unpaired) electrons. The highest BCUT2D eigenvalue weighted by Crippen LogP contribution is 2.31. The number of alkyl halides is 3. The number of aldehydes is 1. The Kier molecular flexibility index (Phi) is 3.79. The third-order valence-electron chi connectivity index (χ3n) is 2.28. The van der Waals surface area contributed by atoms with Crippen LogP contribution in [0.2, 0.25) is 0 Å². The van der Waals surface area contributed by atoms with Gasteiger partial charge in [-0.25, -0.2) is 4.98 Å². The monoisotopic (exact) mass is 287 g/mol. The van der Waals surface area contributed by atoms with Gasteiger partial charge in [0, 0.05) is 24.5 Å². The Morgan fingerprint density at radius 2 is 2.16 bits per heavy atom. The predicted molar refractivity (Wildman–Crippen MR) is 64.1 cm³/mol. The molecule has 0 amide bonds. The summed E-state index contributed by atoms with van der Waals surface area (Å²) >= 11 is 1.07. The lowest BCUT2D eigenvalue weighted by atomic mass is 10.1. The van der Waals surface area contributed by atoms with Gasteiger partial charge < -0.3 is 5.32 Å². The van der Waals surface area contributed by atoms with Gasteiger partial charge in [-0.15, -0.1) is 0 Å². The Balaban J connectivity index is 2.13. The lowest BCUT2D eigenvalue weighted by Gasteiger charge is -2.12. The van der Waals surface area contributed by atoms with Crippen molar-refractivity contribution in [2.75, 3.05) is 5.32 Å². The first-order valence-electron chi connectivity index (χ1n) is 5.15.